The molecule has 2 rings (SSSR count). The zero-order valence-electron chi connectivity index (χ0n) is 9.50. The lowest BCUT2D eigenvalue weighted by molar-refractivity contribution is -0.105. The summed E-state index contributed by atoms with van der Waals surface area (Å²) in [6.45, 7) is 1.98. The van der Waals surface area contributed by atoms with E-state index < -0.39 is 0 Å². The smallest absolute Gasteiger partial charge is 0.232 e. The number of carbonyl (C=O) groups excluding carboxylic acids is 1. The summed E-state index contributed by atoms with van der Waals surface area (Å²) in [7, 11) is 0. The highest BCUT2D eigenvalue weighted by Crippen LogP contribution is 2.19. The van der Waals surface area contributed by atoms with E-state index in [4.69, 9.17) is 16.4 Å². The fourth-order valence-electron chi connectivity index (χ4n) is 1.25. The number of anilines is 1. The lowest BCUT2D eigenvalue weighted by Crippen LogP contribution is -2.06. The van der Waals surface area contributed by atoms with Crippen molar-refractivity contribution in [2.45, 2.75) is 13.3 Å². The highest BCUT2D eigenvalue weighted by Gasteiger charge is 2.12. The molecule has 2 aromatic heterocycles. The Balaban J connectivity index is 2.42. The second-order valence-corrected chi connectivity index (χ2v) is 3.59. The molecular weight excluding hydrogens is 258 g/mol. The highest BCUT2D eigenvalue weighted by atomic mass is 35.5. The van der Waals surface area contributed by atoms with Gasteiger partial charge < -0.3 is 4.84 Å². The number of imidazole rings is 1. The van der Waals surface area contributed by atoms with Gasteiger partial charge in [0.05, 0.1) is 0 Å². The molecule has 0 spiro atoms. The lowest BCUT2D eigenvalue weighted by Gasteiger charge is -2.02. The Kier molecular flexibility index (Phi) is 3.73. The van der Waals surface area contributed by atoms with E-state index in [9.17, 15) is 4.79 Å². The van der Waals surface area contributed by atoms with Crippen molar-refractivity contribution in [3.63, 3.8) is 0 Å². The summed E-state index contributed by atoms with van der Waals surface area (Å²) in [4.78, 5) is 27.6. The summed E-state index contributed by atoms with van der Waals surface area (Å²) in [6, 6.07) is 0. The predicted molar refractivity (Wildman–Crippen MR) is 66.0 cm³/mol. The maximum Gasteiger partial charge on any atom is 0.232 e. The minimum atomic E-state index is 0.0901. The molecule has 0 atom stereocenters. The summed E-state index contributed by atoms with van der Waals surface area (Å²) in [5, 5.41) is 2.47. The number of hydrogen-bond donors (Lipinski definition) is 1. The molecule has 0 aliphatic heterocycles. The fourth-order valence-corrected chi connectivity index (χ4v) is 1.46. The highest BCUT2D eigenvalue weighted by molar-refractivity contribution is 6.33. The van der Waals surface area contributed by atoms with E-state index in [1.54, 1.807) is 0 Å². The fraction of sp³-hybridized carbons (Fsp3) is 0.200. The number of carbonyl (C=O) groups is 1. The molecule has 7 nitrogen and oxygen atoms in total. The maximum absolute atomic E-state index is 10.4. The topological polar surface area (TPSA) is 81.9 Å². The van der Waals surface area contributed by atoms with Gasteiger partial charge in [0.1, 0.15) is 18.1 Å². The van der Waals surface area contributed by atoms with Crippen LogP contribution in [0.15, 0.2) is 18.7 Å². The van der Waals surface area contributed by atoms with Crippen molar-refractivity contribution in [1.82, 2.24) is 19.7 Å². The zero-order chi connectivity index (χ0) is 13.0. The number of halogens is 1. The van der Waals surface area contributed by atoms with Gasteiger partial charge in [0, 0.05) is 0 Å². The molecule has 0 aromatic carbocycles. The maximum atomic E-state index is 10.4. The summed E-state index contributed by atoms with van der Waals surface area (Å²) >= 11 is 5.92. The van der Waals surface area contributed by atoms with Crippen LogP contribution in [-0.2, 0) is 4.79 Å². The Hall–Kier alpha value is -2.15. The molecule has 1 N–H and O–H groups in total. The third-order valence-electron chi connectivity index (χ3n) is 2.02. The van der Waals surface area contributed by atoms with E-state index in [0.29, 0.717) is 17.6 Å². The molecule has 0 aliphatic carbocycles. The van der Waals surface area contributed by atoms with Crippen LogP contribution in [-0.4, -0.2) is 26.1 Å². The first kappa shape index (κ1) is 12.3. The summed E-state index contributed by atoms with van der Waals surface area (Å²) in [5.41, 5.74) is 0.776. The van der Waals surface area contributed by atoms with Crippen LogP contribution in [0.5, 0.6) is 0 Å². The first-order valence-corrected chi connectivity index (χ1v) is 5.57. The number of rotatable bonds is 5. The van der Waals surface area contributed by atoms with Crippen molar-refractivity contribution in [2.75, 3.05) is 5.32 Å². The van der Waals surface area contributed by atoms with Gasteiger partial charge in [-0.1, -0.05) is 18.5 Å². The first-order valence-electron chi connectivity index (χ1n) is 5.19. The Morgan fingerprint density at radius 1 is 1.56 bits per heavy atom. The van der Waals surface area contributed by atoms with Gasteiger partial charge >= 0.3 is 0 Å². The summed E-state index contributed by atoms with van der Waals surface area (Å²) < 4.78 is 1.34. The average Bonchev–Trinajstić information content (AvgIpc) is 2.74. The molecule has 1 amide bonds. The summed E-state index contributed by atoms with van der Waals surface area (Å²) in [6.07, 6.45) is 6.09. The van der Waals surface area contributed by atoms with Gasteiger partial charge in [-0.15, -0.1) is 4.73 Å². The molecule has 0 aliphatic rings. The Labute approximate surface area is 107 Å². The number of amides is 1. The second kappa shape index (κ2) is 5.46. The van der Waals surface area contributed by atoms with E-state index in [2.05, 4.69) is 20.3 Å². The number of allylic oxidation sites excluding steroid dienone is 1. The molecule has 0 saturated carbocycles. The van der Waals surface area contributed by atoms with Gasteiger partial charge in [-0.25, -0.2) is 4.98 Å². The van der Waals surface area contributed by atoms with Crippen molar-refractivity contribution in [2.24, 2.45) is 0 Å². The third kappa shape index (κ3) is 2.40. The molecule has 2 aromatic rings. The van der Waals surface area contributed by atoms with E-state index in [0.717, 1.165) is 6.42 Å². The monoisotopic (exact) mass is 267 g/mol. The standard InChI is InChI=1S/C10H10ClN5O2/c1-2-3-4-18-16-5-12-7-8(11)14-10(13-6-17)15-9(7)16/h3-6H,2H2,1H3,(H,13,14,15,17). The third-order valence-corrected chi connectivity index (χ3v) is 2.28. The number of fused-ring (bicyclic) bond motifs is 1. The van der Waals surface area contributed by atoms with Gasteiger partial charge in [-0.05, 0) is 12.5 Å². The molecule has 18 heavy (non-hydrogen) atoms. The van der Waals surface area contributed by atoms with Crippen LogP contribution in [0.3, 0.4) is 0 Å². The number of aromatic nitrogens is 4. The van der Waals surface area contributed by atoms with Crippen molar-refractivity contribution >= 4 is 35.1 Å². The van der Waals surface area contributed by atoms with E-state index >= 15 is 0 Å². The zero-order valence-corrected chi connectivity index (χ0v) is 10.3. The largest absolute Gasteiger partial charge is 0.380 e. The van der Waals surface area contributed by atoms with Gasteiger partial charge in [0.2, 0.25) is 18.0 Å². The molecule has 0 unspecified atom stereocenters. The number of nitrogens with zero attached hydrogens (tertiary/aromatic N) is 4. The number of hydrogen-bond acceptors (Lipinski definition) is 5. The quantitative estimate of drug-likeness (QED) is 0.503. The SMILES string of the molecule is CCC=COn1cnc2c(Cl)nc(NC=O)nc21. The Morgan fingerprint density at radius 3 is 3.11 bits per heavy atom. The van der Waals surface area contributed by atoms with Crippen molar-refractivity contribution < 1.29 is 9.63 Å². The molecule has 0 bridgehead atoms. The van der Waals surface area contributed by atoms with Crippen LogP contribution in [0.25, 0.3) is 11.2 Å². The van der Waals surface area contributed by atoms with Gasteiger partial charge in [0.25, 0.3) is 0 Å². The van der Waals surface area contributed by atoms with Crippen LogP contribution < -0.4 is 10.2 Å². The predicted octanol–water partition coefficient (Wildman–Crippen LogP) is 1.40. The lowest BCUT2D eigenvalue weighted by atomic mass is 10.5. The number of nitrogens with one attached hydrogen (secondary N) is 1. The van der Waals surface area contributed by atoms with E-state index in [-0.39, 0.29) is 11.1 Å². The van der Waals surface area contributed by atoms with Crippen LogP contribution in [0.2, 0.25) is 5.15 Å². The van der Waals surface area contributed by atoms with E-state index in [1.165, 1.54) is 17.3 Å². The van der Waals surface area contributed by atoms with Crippen LogP contribution in [0.4, 0.5) is 5.95 Å². The molecule has 94 valence electrons. The van der Waals surface area contributed by atoms with Crippen molar-refractivity contribution in [3.8, 4) is 0 Å². The van der Waals surface area contributed by atoms with Gasteiger partial charge in [-0.2, -0.15) is 9.97 Å². The van der Waals surface area contributed by atoms with Crippen molar-refractivity contribution in [1.29, 1.82) is 0 Å². The first-order chi connectivity index (χ1) is 8.76. The van der Waals surface area contributed by atoms with Crippen LogP contribution in [0, 0.1) is 0 Å². The van der Waals surface area contributed by atoms with Gasteiger partial charge in [0.15, 0.2) is 5.15 Å². The molecule has 8 heteroatoms. The minimum absolute atomic E-state index is 0.0901. The Bertz CT molecular complexity index is 595. The molecular formula is C10H10ClN5O2. The molecule has 2 heterocycles. The molecule has 0 fully saturated rings. The average molecular weight is 268 g/mol. The normalized spacial score (nSPS) is 11.0. The van der Waals surface area contributed by atoms with Crippen LogP contribution in [0.1, 0.15) is 13.3 Å². The van der Waals surface area contributed by atoms with Gasteiger partial charge in [-0.3, -0.25) is 10.1 Å². The van der Waals surface area contributed by atoms with Crippen LogP contribution >= 0.6 is 11.6 Å². The second-order valence-electron chi connectivity index (χ2n) is 3.23. The van der Waals surface area contributed by atoms with E-state index in [1.807, 2.05) is 13.0 Å². The molecule has 0 saturated heterocycles. The minimum Gasteiger partial charge on any atom is -0.380 e. The summed E-state index contributed by atoms with van der Waals surface area (Å²) in [5.74, 6) is 0.0901. The van der Waals surface area contributed by atoms with Crippen molar-refractivity contribution in [3.05, 3.63) is 23.8 Å². The Morgan fingerprint density at radius 2 is 2.39 bits per heavy atom. The molecule has 0 radical (unpaired) electrons.